The number of nitrogens with zero attached hydrogens (tertiary/aromatic N) is 1. The van der Waals surface area contributed by atoms with Crippen LogP contribution in [0.25, 0.3) is 0 Å². The standard InChI is InChI=1S/C13H14BrN3O3/c1-13(8-5-3-4-6-9(8)14)11(19)17(12(20)16-13)7-10(18)15-2/h3-6H,7H2,1-2H3,(H,15,18)(H,16,20). The number of hydrogen-bond donors (Lipinski definition) is 2. The Bertz CT molecular complexity index is 590. The van der Waals surface area contributed by atoms with Crippen LogP contribution in [0.4, 0.5) is 4.79 Å². The fraction of sp³-hybridized carbons (Fsp3) is 0.308. The van der Waals surface area contributed by atoms with Gasteiger partial charge in [0.15, 0.2) is 0 Å². The van der Waals surface area contributed by atoms with E-state index in [1.165, 1.54) is 7.05 Å². The molecule has 0 bridgehead atoms. The van der Waals surface area contributed by atoms with Crippen molar-refractivity contribution in [2.75, 3.05) is 13.6 Å². The van der Waals surface area contributed by atoms with Gasteiger partial charge in [0.2, 0.25) is 5.91 Å². The third-order valence-electron chi connectivity index (χ3n) is 3.27. The smallest absolute Gasteiger partial charge is 0.325 e. The molecular weight excluding hydrogens is 326 g/mol. The van der Waals surface area contributed by atoms with E-state index >= 15 is 0 Å². The molecule has 1 fully saturated rings. The maximum Gasteiger partial charge on any atom is 0.325 e. The van der Waals surface area contributed by atoms with Gasteiger partial charge in [0.05, 0.1) is 0 Å². The molecule has 1 aromatic rings. The third kappa shape index (κ3) is 2.29. The maximum absolute atomic E-state index is 12.5. The molecular formula is C13H14BrN3O3. The number of imide groups is 1. The van der Waals surface area contributed by atoms with E-state index < -0.39 is 23.4 Å². The SMILES string of the molecule is CNC(=O)CN1C(=O)NC(C)(c2ccccc2Br)C1=O. The number of likely N-dealkylation sites (N-methyl/N-ethyl adjacent to an activating group) is 1. The molecule has 0 aliphatic carbocycles. The van der Waals surface area contributed by atoms with Crippen LogP contribution in [0.15, 0.2) is 28.7 Å². The second kappa shape index (κ2) is 5.24. The maximum atomic E-state index is 12.5. The number of amides is 4. The second-order valence-electron chi connectivity index (χ2n) is 4.60. The molecule has 7 heteroatoms. The molecule has 1 saturated heterocycles. The zero-order chi connectivity index (χ0) is 14.9. The fourth-order valence-electron chi connectivity index (χ4n) is 2.11. The van der Waals surface area contributed by atoms with E-state index in [-0.39, 0.29) is 6.54 Å². The molecule has 0 aromatic heterocycles. The first-order valence-electron chi connectivity index (χ1n) is 6.00. The van der Waals surface area contributed by atoms with Gasteiger partial charge >= 0.3 is 6.03 Å². The lowest BCUT2D eigenvalue weighted by Gasteiger charge is -2.23. The summed E-state index contributed by atoms with van der Waals surface area (Å²) in [6, 6.07) is 6.58. The van der Waals surface area contributed by atoms with E-state index in [0.29, 0.717) is 5.56 Å². The summed E-state index contributed by atoms with van der Waals surface area (Å²) in [5, 5.41) is 5.03. The molecule has 2 N–H and O–H groups in total. The number of hydrogen-bond acceptors (Lipinski definition) is 3. The van der Waals surface area contributed by atoms with Crippen molar-refractivity contribution in [3.05, 3.63) is 34.3 Å². The summed E-state index contributed by atoms with van der Waals surface area (Å²) in [7, 11) is 1.45. The molecule has 4 amide bonds. The van der Waals surface area contributed by atoms with Crippen LogP contribution < -0.4 is 10.6 Å². The zero-order valence-corrected chi connectivity index (χ0v) is 12.7. The summed E-state index contributed by atoms with van der Waals surface area (Å²) in [5.41, 5.74) is -0.525. The molecule has 1 unspecified atom stereocenters. The van der Waals surface area contributed by atoms with Crippen molar-refractivity contribution >= 4 is 33.8 Å². The third-order valence-corrected chi connectivity index (χ3v) is 3.96. The van der Waals surface area contributed by atoms with Gasteiger partial charge in [-0.2, -0.15) is 0 Å². The first-order valence-corrected chi connectivity index (χ1v) is 6.79. The Labute approximate surface area is 124 Å². The molecule has 1 aromatic carbocycles. The minimum Gasteiger partial charge on any atom is -0.358 e. The Hall–Kier alpha value is -1.89. The number of rotatable bonds is 3. The Morgan fingerprint density at radius 1 is 1.40 bits per heavy atom. The van der Waals surface area contributed by atoms with Crippen LogP contribution in [-0.4, -0.2) is 36.3 Å². The topological polar surface area (TPSA) is 78.5 Å². The Morgan fingerprint density at radius 2 is 2.05 bits per heavy atom. The largest absolute Gasteiger partial charge is 0.358 e. The predicted molar refractivity (Wildman–Crippen MR) is 75.8 cm³/mol. The van der Waals surface area contributed by atoms with Crippen LogP contribution in [0, 0.1) is 0 Å². The minimum atomic E-state index is -1.18. The lowest BCUT2D eigenvalue weighted by Crippen LogP contribution is -2.43. The molecule has 1 atom stereocenters. The zero-order valence-electron chi connectivity index (χ0n) is 11.1. The molecule has 1 heterocycles. The van der Waals surface area contributed by atoms with Gasteiger partial charge in [-0.3, -0.25) is 14.5 Å². The normalized spacial score (nSPS) is 21.9. The van der Waals surface area contributed by atoms with E-state index in [4.69, 9.17) is 0 Å². The van der Waals surface area contributed by atoms with E-state index in [1.807, 2.05) is 6.07 Å². The van der Waals surface area contributed by atoms with E-state index in [0.717, 1.165) is 9.37 Å². The highest BCUT2D eigenvalue weighted by Crippen LogP contribution is 2.33. The van der Waals surface area contributed by atoms with E-state index in [9.17, 15) is 14.4 Å². The average molecular weight is 340 g/mol. The fourth-order valence-corrected chi connectivity index (χ4v) is 2.79. The van der Waals surface area contributed by atoms with Crippen LogP contribution in [0.1, 0.15) is 12.5 Å². The molecule has 2 rings (SSSR count). The lowest BCUT2D eigenvalue weighted by atomic mass is 9.92. The molecule has 0 saturated carbocycles. The van der Waals surface area contributed by atoms with Gasteiger partial charge in [0.1, 0.15) is 12.1 Å². The summed E-state index contributed by atoms with van der Waals surface area (Å²) >= 11 is 3.37. The number of benzene rings is 1. The monoisotopic (exact) mass is 339 g/mol. The van der Waals surface area contributed by atoms with Crippen molar-refractivity contribution in [1.29, 1.82) is 0 Å². The van der Waals surface area contributed by atoms with E-state index in [2.05, 4.69) is 26.6 Å². The highest BCUT2D eigenvalue weighted by Gasteiger charge is 2.50. The average Bonchev–Trinajstić information content (AvgIpc) is 2.63. The molecule has 1 aliphatic heterocycles. The molecule has 0 spiro atoms. The number of carbonyl (C=O) groups excluding carboxylic acids is 3. The highest BCUT2D eigenvalue weighted by atomic mass is 79.9. The molecule has 0 radical (unpaired) electrons. The quantitative estimate of drug-likeness (QED) is 0.805. The minimum absolute atomic E-state index is 0.290. The molecule has 106 valence electrons. The van der Waals surface area contributed by atoms with Gasteiger partial charge in [0, 0.05) is 17.1 Å². The Morgan fingerprint density at radius 3 is 2.65 bits per heavy atom. The summed E-state index contributed by atoms with van der Waals surface area (Å²) in [6.45, 7) is 1.33. The van der Waals surface area contributed by atoms with Gasteiger partial charge in [-0.25, -0.2) is 4.79 Å². The second-order valence-corrected chi connectivity index (χ2v) is 5.45. The van der Waals surface area contributed by atoms with Crippen LogP contribution in [-0.2, 0) is 15.1 Å². The Balaban J connectivity index is 2.36. The Kier molecular flexibility index (Phi) is 3.80. The number of carbonyl (C=O) groups is 3. The first kappa shape index (κ1) is 14.5. The molecule has 20 heavy (non-hydrogen) atoms. The van der Waals surface area contributed by atoms with Crippen LogP contribution in [0.5, 0.6) is 0 Å². The number of nitrogens with one attached hydrogen (secondary N) is 2. The lowest BCUT2D eigenvalue weighted by molar-refractivity contribution is -0.134. The van der Waals surface area contributed by atoms with Crippen molar-refractivity contribution < 1.29 is 14.4 Å². The number of urea groups is 1. The van der Waals surface area contributed by atoms with Crippen LogP contribution in [0.2, 0.25) is 0 Å². The first-order chi connectivity index (χ1) is 9.40. The van der Waals surface area contributed by atoms with Gasteiger partial charge in [-0.05, 0) is 13.0 Å². The van der Waals surface area contributed by atoms with Crippen molar-refractivity contribution in [3.63, 3.8) is 0 Å². The summed E-state index contributed by atoms with van der Waals surface area (Å²) < 4.78 is 0.720. The van der Waals surface area contributed by atoms with Gasteiger partial charge in [-0.15, -0.1) is 0 Å². The highest BCUT2D eigenvalue weighted by molar-refractivity contribution is 9.10. The van der Waals surface area contributed by atoms with E-state index in [1.54, 1.807) is 25.1 Å². The van der Waals surface area contributed by atoms with Gasteiger partial charge < -0.3 is 10.6 Å². The number of halogens is 1. The van der Waals surface area contributed by atoms with Crippen molar-refractivity contribution in [3.8, 4) is 0 Å². The molecule has 6 nitrogen and oxygen atoms in total. The summed E-state index contributed by atoms with van der Waals surface area (Å²) in [5.74, 6) is -0.845. The predicted octanol–water partition coefficient (Wildman–Crippen LogP) is 0.962. The van der Waals surface area contributed by atoms with Crippen molar-refractivity contribution in [1.82, 2.24) is 15.5 Å². The summed E-state index contributed by atoms with van der Waals surface area (Å²) in [6.07, 6.45) is 0. The van der Waals surface area contributed by atoms with Crippen LogP contribution >= 0.6 is 15.9 Å². The van der Waals surface area contributed by atoms with Gasteiger partial charge in [-0.1, -0.05) is 34.1 Å². The van der Waals surface area contributed by atoms with Crippen molar-refractivity contribution in [2.24, 2.45) is 0 Å². The van der Waals surface area contributed by atoms with Crippen LogP contribution in [0.3, 0.4) is 0 Å². The van der Waals surface area contributed by atoms with Crippen molar-refractivity contribution in [2.45, 2.75) is 12.5 Å². The van der Waals surface area contributed by atoms with Gasteiger partial charge in [0.25, 0.3) is 5.91 Å². The summed E-state index contributed by atoms with van der Waals surface area (Å²) in [4.78, 5) is 36.7. The molecule has 1 aliphatic rings.